The van der Waals surface area contributed by atoms with Crippen molar-refractivity contribution in [2.45, 2.75) is 12.6 Å². The van der Waals surface area contributed by atoms with Gasteiger partial charge in [-0.25, -0.2) is 0 Å². The number of aromatic nitrogens is 2. The molecule has 0 radical (unpaired) electrons. The van der Waals surface area contributed by atoms with E-state index in [1.54, 1.807) is 0 Å². The van der Waals surface area contributed by atoms with Gasteiger partial charge in [0.25, 0.3) is 0 Å². The Labute approximate surface area is 88.3 Å². The van der Waals surface area contributed by atoms with Crippen molar-refractivity contribution in [1.82, 2.24) is 9.78 Å². The van der Waals surface area contributed by atoms with Crippen molar-refractivity contribution in [3.8, 4) is 11.1 Å². The molecule has 3 rings (SSSR count). The van der Waals surface area contributed by atoms with Crippen LogP contribution in [0.25, 0.3) is 11.1 Å². The Bertz CT molecular complexity index is 446. The van der Waals surface area contributed by atoms with Crippen LogP contribution in [-0.2, 0) is 11.3 Å². The zero-order valence-corrected chi connectivity index (χ0v) is 8.34. The third kappa shape index (κ3) is 1.92. The third-order valence-electron chi connectivity index (χ3n) is 2.53. The van der Waals surface area contributed by atoms with E-state index < -0.39 is 0 Å². The summed E-state index contributed by atoms with van der Waals surface area (Å²) >= 11 is 0. The first-order valence-corrected chi connectivity index (χ1v) is 5.11. The third-order valence-corrected chi connectivity index (χ3v) is 2.53. The number of nitrogens with zero attached hydrogens (tertiary/aromatic N) is 2. The molecule has 1 aromatic heterocycles. The molecule has 15 heavy (non-hydrogen) atoms. The summed E-state index contributed by atoms with van der Waals surface area (Å²) in [5.74, 6) is 0. The largest absolute Gasteiger partial charge is 0.371 e. The highest BCUT2D eigenvalue weighted by atomic mass is 16.6. The second kappa shape index (κ2) is 3.51. The van der Waals surface area contributed by atoms with Crippen LogP contribution >= 0.6 is 0 Å². The lowest BCUT2D eigenvalue weighted by Gasteiger charge is -1.96. The molecular formula is C12H12N2O. The highest BCUT2D eigenvalue weighted by Gasteiger charge is 2.23. The minimum absolute atomic E-state index is 0.383. The molecule has 1 saturated heterocycles. The highest BCUT2D eigenvalue weighted by Crippen LogP contribution is 2.19. The molecular weight excluding hydrogens is 188 g/mol. The quantitative estimate of drug-likeness (QED) is 0.709. The highest BCUT2D eigenvalue weighted by molar-refractivity contribution is 5.61. The van der Waals surface area contributed by atoms with Crippen LogP contribution in [-0.4, -0.2) is 22.5 Å². The normalized spacial score (nSPS) is 19.1. The van der Waals surface area contributed by atoms with E-state index in [-0.39, 0.29) is 0 Å². The molecule has 0 N–H and O–H groups in total. The van der Waals surface area contributed by atoms with Gasteiger partial charge in [0.05, 0.1) is 19.3 Å². The number of benzene rings is 1. The molecule has 2 aromatic rings. The van der Waals surface area contributed by atoms with Gasteiger partial charge < -0.3 is 4.74 Å². The van der Waals surface area contributed by atoms with Crippen LogP contribution in [0.15, 0.2) is 42.7 Å². The fourth-order valence-electron chi connectivity index (χ4n) is 1.63. The first-order valence-electron chi connectivity index (χ1n) is 5.11. The molecule has 0 amide bonds. The lowest BCUT2D eigenvalue weighted by molar-refractivity contribution is 0.373. The van der Waals surface area contributed by atoms with Gasteiger partial charge in [-0.1, -0.05) is 30.3 Å². The van der Waals surface area contributed by atoms with Gasteiger partial charge in [-0.05, 0) is 5.56 Å². The van der Waals surface area contributed by atoms with Crippen molar-refractivity contribution < 1.29 is 4.74 Å². The average Bonchev–Trinajstić information content (AvgIpc) is 2.96. The van der Waals surface area contributed by atoms with E-state index in [9.17, 15) is 0 Å². The van der Waals surface area contributed by atoms with Crippen molar-refractivity contribution in [2.75, 3.05) is 6.61 Å². The van der Waals surface area contributed by atoms with Gasteiger partial charge in [0, 0.05) is 11.8 Å². The summed E-state index contributed by atoms with van der Waals surface area (Å²) in [6, 6.07) is 10.3. The molecule has 1 fully saturated rings. The summed E-state index contributed by atoms with van der Waals surface area (Å²) in [6.07, 6.45) is 4.35. The molecule has 1 atom stereocenters. The van der Waals surface area contributed by atoms with Gasteiger partial charge >= 0.3 is 0 Å². The van der Waals surface area contributed by atoms with Gasteiger partial charge in [0.15, 0.2) is 0 Å². The number of epoxide rings is 1. The van der Waals surface area contributed by atoms with Crippen molar-refractivity contribution >= 4 is 0 Å². The molecule has 2 heterocycles. The summed E-state index contributed by atoms with van der Waals surface area (Å²) < 4.78 is 7.11. The molecule has 76 valence electrons. The van der Waals surface area contributed by atoms with E-state index in [0.29, 0.717) is 6.10 Å². The second-order valence-electron chi connectivity index (χ2n) is 3.77. The van der Waals surface area contributed by atoms with Crippen LogP contribution < -0.4 is 0 Å². The summed E-state index contributed by atoms with van der Waals surface area (Å²) in [6.45, 7) is 1.74. The maximum atomic E-state index is 5.17. The summed E-state index contributed by atoms with van der Waals surface area (Å²) in [5, 5.41) is 4.31. The van der Waals surface area contributed by atoms with E-state index >= 15 is 0 Å². The van der Waals surface area contributed by atoms with Gasteiger partial charge in [-0.15, -0.1) is 0 Å². The molecule has 1 unspecified atom stereocenters. The molecule has 1 aromatic carbocycles. The first-order chi connectivity index (χ1) is 7.42. The van der Waals surface area contributed by atoms with Crippen molar-refractivity contribution in [3.05, 3.63) is 42.7 Å². The Balaban J connectivity index is 1.83. The molecule has 1 aliphatic heterocycles. The van der Waals surface area contributed by atoms with E-state index in [1.165, 1.54) is 5.56 Å². The van der Waals surface area contributed by atoms with Crippen LogP contribution in [0.5, 0.6) is 0 Å². The Kier molecular flexibility index (Phi) is 2.03. The number of hydrogen-bond acceptors (Lipinski definition) is 2. The molecule has 3 heteroatoms. The maximum absolute atomic E-state index is 5.17. The molecule has 1 aliphatic rings. The van der Waals surface area contributed by atoms with Crippen LogP contribution in [0.3, 0.4) is 0 Å². The standard InChI is InChI=1S/C12H12N2O/c1-2-4-10(5-3-1)11-6-13-14(7-11)8-12-9-15-12/h1-7,12H,8-9H2. The van der Waals surface area contributed by atoms with Crippen LogP contribution in [0.1, 0.15) is 0 Å². The topological polar surface area (TPSA) is 30.4 Å². The predicted molar refractivity (Wildman–Crippen MR) is 57.4 cm³/mol. The fraction of sp³-hybridized carbons (Fsp3) is 0.250. The molecule has 0 bridgehead atoms. The zero-order chi connectivity index (χ0) is 10.1. The zero-order valence-electron chi connectivity index (χ0n) is 8.34. The first kappa shape index (κ1) is 8.68. The van der Waals surface area contributed by atoms with Gasteiger partial charge in [0.1, 0.15) is 6.10 Å². The Morgan fingerprint density at radius 2 is 2.07 bits per heavy atom. The summed E-state index contributed by atoms with van der Waals surface area (Å²) in [7, 11) is 0. The Hall–Kier alpha value is -1.61. The van der Waals surface area contributed by atoms with E-state index in [2.05, 4.69) is 23.4 Å². The Morgan fingerprint density at radius 3 is 2.80 bits per heavy atom. The minimum Gasteiger partial charge on any atom is -0.371 e. The molecule has 0 aliphatic carbocycles. The molecule has 0 spiro atoms. The lowest BCUT2D eigenvalue weighted by Crippen LogP contribution is -2.03. The number of ether oxygens (including phenoxy) is 1. The van der Waals surface area contributed by atoms with E-state index in [0.717, 1.165) is 18.7 Å². The van der Waals surface area contributed by atoms with Crippen LogP contribution in [0, 0.1) is 0 Å². The van der Waals surface area contributed by atoms with Crippen molar-refractivity contribution in [3.63, 3.8) is 0 Å². The smallest absolute Gasteiger partial charge is 0.100 e. The van der Waals surface area contributed by atoms with Gasteiger partial charge in [-0.3, -0.25) is 4.68 Å². The fourth-order valence-corrected chi connectivity index (χ4v) is 1.63. The van der Waals surface area contributed by atoms with Crippen molar-refractivity contribution in [2.24, 2.45) is 0 Å². The average molecular weight is 200 g/mol. The van der Waals surface area contributed by atoms with Gasteiger partial charge in [0.2, 0.25) is 0 Å². The number of rotatable bonds is 3. The SMILES string of the molecule is c1ccc(-c2cnn(CC3CO3)c2)cc1. The minimum atomic E-state index is 0.383. The monoisotopic (exact) mass is 200 g/mol. The van der Waals surface area contributed by atoms with Crippen LogP contribution in [0.2, 0.25) is 0 Å². The predicted octanol–water partition coefficient (Wildman–Crippen LogP) is 1.95. The van der Waals surface area contributed by atoms with Crippen LogP contribution in [0.4, 0.5) is 0 Å². The number of hydrogen-bond donors (Lipinski definition) is 0. The summed E-state index contributed by atoms with van der Waals surface area (Å²) in [4.78, 5) is 0. The van der Waals surface area contributed by atoms with E-state index in [4.69, 9.17) is 4.74 Å². The van der Waals surface area contributed by atoms with E-state index in [1.807, 2.05) is 29.1 Å². The molecule has 3 nitrogen and oxygen atoms in total. The maximum Gasteiger partial charge on any atom is 0.100 e. The van der Waals surface area contributed by atoms with Crippen molar-refractivity contribution in [1.29, 1.82) is 0 Å². The van der Waals surface area contributed by atoms with Gasteiger partial charge in [-0.2, -0.15) is 5.10 Å². The molecule has 0 saturated carbocycles. The summed E-state index contributed by atoms with van der Waals surface area (Å²) in [5.41, 5.74) is 2.37. The lowest BCUT2D eigenvalue weighted by atomic mass is 10.1. The Morgan fingerprint density at radius 1 is 1.27 bits per heavy atom. The second-order valence-corrected chi connectivity index (χ2v) is 3.77.